The standard InChI is InChI=1S/C22H19N3O3S/c1-13-10-18-20(22(26)25(13)12-16-4-3-9-29-16)19(17(11-23)21(24)28-18)14-5-7-15(27-2)8-6-14/h3-10,19H,12,24H2,1-2H3/t19-/m0/s1. The molecule has 4 rings (SSSR count). The molecule has 0 fully saturated rings. The van der Waals surface area contributed by atoms with Crippen LogP contribution in [0.25, 0.3) is 0 Å². The Morgan fingerprint density at radius 1 is 1.31 bits per heavy atom. The number of benzene rings is 1. The Labute approximate surface area is 172 Å². The minimum absolute atomic E-state index is 0.0237. The molecular weight excluding hydrogens is 386 g/mol. The van der Waals surface area contributed by atoms with Gasteiger partial charge in [0, 0.05) is 16.6 Å². The number of allylic oxidation sites excluding steroid dienone is 1. The Morgan fingerprint density at radius 2 is 2.07 bits per heavy atom. The summed E-state index contributed by atoms with van der Waals surface area (Å²) in [6.45, 7) is 2.33. The van der Waals surface area contributed by atoms with Crippen LogP contribution < -0.4 is 20.8 Å². The third-order valence-corrected chi connectivity index (χ3v) is 5.89. The van der Waals surface area contributed by atoms with Gasteiger partial charge in [-0.1, -0.05) is 18.2 Å². The maximum absolute atomic E-state index is 13.5. The first-order chi connectivity index (χ1) is 14.0. The monoisotopic (exact) mass is 405 g/mol. The molecule has 1 aliphatic heterocycles. The summed E-state index contributed by atoms with van der Waals surface area (Å²) in [6, 6.07) is 15.2. The van der Waals surface area contributed by atoms with Crippen LogP contribution in [0.4, 0.5) is 0 Å². The molecule has 0 saturated carbocycles. The smallest absolute Gasteiger partial charge is 0.259 e. The van der Waals surface area contributed by atoms with E-state index in [4.69, 9.17) is 15.2 Å². The first-order valence-corrected chi connectivity index (χ1v) is 9.89. The van der Waals surface area contributed by atoms with Gasteiger partial charge in [0.25, 0.3) is 5.56 Å². The van der Waals surface area contributed by atoms with Crippen molar-refractivity contribution in [3.8, 4) is 17.6 Å². The molecular formula is C22H19N3O3S. The Morgan fingerprint density at radius 3 is 2.69 bits per heavy atom. The molecule has 146 valence electrons. The normalized spacial score (nSPS) is 15.4. The first-order valence-electron chi connectivity index (χ1n) is 9.01. The molecule has 1 aliphatic rings. The van der Waals surface area contributed by atoms with E-state index in [1.165, 1.54) is 0 Å². The Balaban J connectivity index is 1.92. The summed E-state index contributed by atoms with van der Waals surface area (Å²) >= 11 is 1.59. The third-order valence-electron chi connectivity index (χ3n) is 5.03. The van der Waals surface area contributed by atoms with Crippen molar-refractivity contribution in [2.45, 2.75) is 19.4 Å². The van der Waals surface area contributed by atoms with Crippen molar-refractivity contribution in [2.75, 3.05) is 7.11 Å². The van der Waals surface area contributed by atoms with Crippen LogP contribution in [0.3, 0.4) is 0 Å². The van der Waals surface area contributed by atoms with E-state index in [1.54, 1.807) is 35.1 Å². The maximum atomic E-state index is 13.5. The number of nitrogens with zero attached hydrogens (tertiary/aromatic N) is 2. The SMILES string of the molecule is COc1ccc([C@H]2C(C#N)=C(N)Oc3cc(C)n(Cc4cccs4)c(=O)c32)cc1. The largest absolute Gasteiger partial charge is 0.497 e. The number of aromatic nitrogens is 1. The van der Waals surface area contributed by atoms with Gasteiger partial charge in [-0.2, -0.15) is 5.26 Å². The highest BCUT2D eigenvalue weighted by molar-refractivity contribution is 7.09. The van der Waals surface area contributed by atoms with Crippen molar-refractivity contribution in [1.29, 1.82) is 5.26 Å². The fourth-order valence-electron chi connectivity index (χ4n) is 3.57. The summed E-state index contributed by atoms with van der Waals surface area (Å²) in [7, 11) is 1.59. The van der Waals surface area contributed by atoms with E-state index in [2.05, 4.69) is 6.07 Å². The summed E-state index contributed by atoms with van der Waals surface area (Å²) < 4.78 is 12.6. The molecule has 0 unspecified atom stereocenters. The van der Waals surface area contributed by atoms with Gasteiger partial charge in [0.1, 0.15) is 23.1 Å². The quantitative estimate of drug-likeness (QED) is 0.718. The zero-order valence-electron chi connectivity index (χ0n) is 16.0. The fourth-order valence-corrected chi connectivity index (χ4v) is 4.26. The van der Waals surface area contributed by atoms with Gasteiger partial charge >= 0.3 is 0 Å². The second-order valence-electron chi connectivity index (χ2n) is 6.73. The third kappa shape index (κ3) is 3.28. The van der Waals surface area contributed by atoms with Crippen LogP contribution in [-0.2, 0) is 6.54 Å². The van der Waals surface area contributed by atoms with Gasteiger partial charge in [-0.15, -0.1) is 11.3 Å². The number of nitrogens with two attached hydrogens (primary N) is 1. The number of hydrogen-bond acceptors (Lipinski definition) is 6. The lowest BCUT2D eigenvalue weighted by molar-refractivity contribution is 0.389. The zero-order valence-corrected chi connectivity index (χ0v) is 16.8. The number of fused-ring (bicyclic) bond motifs is 1. The van der Waals surface area contributed by atoms with E-state index in [1.807, 2.05) is 42.6 Å². The second-order valence-corrected chi connectivity index (χ2v) is 7.76. The first kappa shape index (κ1) is 18.8. The molecule has 0 amide bonds. The molecule has 7 heteroatoms. The number of pyridine rings is 1. The van der Waals surface area contributed by atoms with Crippen LogP contribution in [0.1, 0.15) is 27.6 Å². The van der Waals surface area contributed by atoms with Gasteiger partial charge in [0.15, 0.2) is 0 Å². The summed E-state index contributed by atoms with van der Waals surface area (Å²) in [6.07, 6.45) is 0. The molecule has 1 aromatic carbocycles. The van der Waals surface area contributed by atoms with E-state index in [9.17, 15) is 10.1 Å². The van der Waals surface area contributed by atoms with Crippen LogP contribution >= 0.6 is 11.3 Å². The Bertz CT molecular complexity index is 1190. The molecule has 3 heterocycles. The molecule has 2 N–H and O–H groups in total. The number of ether oxygens (including phenoxy) is 2. The summed E-state index contributed by atoms with van der Waals surface area (Å²) in [5.74, 6) is 0.510. The summed E-state index contributed by atoms with van der Waals surface area (Å²) in [5.41, 5.74) is 8.04. The van der Waals surface area contributed by atoms with E-state index in [0.29, 0.717) is 23.6 Å². The van der Waals surface area contributed by atoms with Gasteiger partial charge in [-0.25, -0.2) is 0 Å². The summed E-state index contributed by atoms with van der Waals surface area (Å²) in [4.78, 5) is 14.6. The predicted molar refractivity (Wildman–Crippen MR) is 111 cm³/mol. The zero-order chi connectivity index (χ0) is 20.5. The second kappa shape index (κ2) is 7.49. The lowest BCUT2D eigenvalue weighted by Crippen LogP contribution is -2.32. The number of aryl methyl sites for hydroxylation is 1. The van der Waals surface area contributed by atoms with E-state index >= 15 is 0 Å². The maximum Gasteiger partial charge on any atom is 0.259 e. The van der Waals surface area contributed by atoms with Crippen LogP contribution in [0.5, 0.6) is 11.5 Å². The van der Waals surface area contributed by atoms with Gasteiger partial charge in [0.05, 0.1) is 25.1 Å². The van der Waals surface area contributed by atoms with Crippen molar-refractivity contribution in [2.24, 2.45) is 5.73 Å². The lowest BCUT2D eigenvalue weighted by Gasteiger charge is -2.27. The van der Waals surface area contributed by atoms with Gasteiger partial charge in [0.2, 0.25) is 5.88 Å². The van der Waals surface area contributed by atoms with Crippen molar-refractivity contribution in [3.05, 3.63) is 91.4 Å². The number of rotatable bonds is 4. The highest BCUT2D eigenvalue weighted by atomic mass is 32.1. The molecule has 0 spiro atoms. The van der Waals surface area contributed by atoms with Crippen molar-refractivity contribution >= 4 is 11.3 Å². The number of methoxy groups -OCH3 is 1. The van der Waals surface area contributed by atoms with E-state index < -0.39 is 5.92 Å². The average molecular weight is 405 g/mol. The molecule has 0 aliphatic carbocycles. The van der Waals surface area contributed by atoms with Gasteiger partial charge in [-0.3, -0.25) is 4.79 Å². The van der Waals surface area contributed by atoms with Crippen molar-refractivity contribution in [3.63, 3.8) is 0 Å². The molecule has 3 aromatic rings. The van der Waals surface area contributed by atoms with E-state index in [0.717, 1.165) is 16.1 Å². The van der Waals surface area contributed by atoms with Crippen molar-refractivity contribution in [1.82, 2.24) is 4.57 Å². The number of nitriles is 1. The average Bonchev–Trinajstić information content (AvgIpc) is 3.23. The lowest BCUT2D eigenvalue weighted by atomic mass is 9.84. The minimum Gasteiger partial charge on any atom is -0.497 e. The Kier molecular flexibility index (Phi) is 4.87. The van der Waals surface area contributed by atoms with E-state index in [-0.39, 0.29) is 17.0 Å². The van der Waals surface area contributed by atoms with Crippen LogP contribution in [0.2, 0.25) is 0 Å². The van der Waals surface area contributed by atoms with Gasteiger partial charge < -0.3 is 19.8 Å². The fraction of sp³-hybridized carbons (Fsp3) is 0.182. The molecule has 29 heavy (non-hydrogen) atoms. The number of hydrogen-bond donors (Lipinski definition) is 1. The highest BCUT2D eigenvalue weighted by Gasteiger charge is 2.34. The topological polar surface area (TPSA) is 90.3 Å². The molecule has 6 nitrogen and oxygen atoms in total. The molecule has 0 bridgehead atoms. The molecule has 1 atom stereocenters. The summed E-state index contributed by atoms with van der Waals surface area (Å²) in [5, 5.41) is 11.7. The van der Waals surface area contributed by atoms with Gasteiger partial charge in [-0.05, 0) is 36.1 Å². The van der Waals surface area contributed by atoms with Crippen molar-refractivity contribution < 1.29 is 9.47 Å². The van der Waals surface area contributed by atoms with Crippen LogP contribution in [0.15, 0.2) is 64.1 Å². The Hall–Kier alpha value is -3.50. The minimum atomic E-state index is -0.600. The molecule has 0 radical (unpaired) electrons. The number of thiophene rings is 1. The highest BCUT2D eigenvalue weighted by Crippen LogP contribution is 2.40. The molecule has 2 aromatic heterocycles. The molecule has 0 saturated heterocycles. The van der Waals surface area contributed by atoms with Crippen LogP contribution in [-0.4, -0.2) is 11.7 Å². The van der Waals surface area contributed by atoms with Crippen LogP contribution in [0, 0.1) is 18.3 Å². The predicted octanol–water partition coefficient (Wildman–Crippen LogP) is 3.49.